The second-order valence-corrected chi connectivity index (χ2v) is 12.4. The number of nitrogens with zero attached hydrogens (tertiary/aromatic N) is 3. The Bertz CT molecular complexity index is 1740. The topological polar surface area (TPSA) is 91.4 Å². The Labute approximate surface area is 270 Å². The molecule has 0 bridgehead atoms. The molecule has 1 amide bonds. The number of aliphatic imine (C=N–C) groups is 1. The number of phenolic OH excluding ortho intramolecular Hbond substituents is 1. The van der Waals surface area contributed by atoms with Crippen LogP contribution in [0.2, 0.25) is 0 Å². The van der Waals surface area contributed by atoms with Gasteiger partial charge in [-0.05, 0) is 72.9 Å². The van der Waals surface area contributed by atoms with E-state index < -0.39 is 0 Å². The van der Waals surface area contributed by atoms with Crippen molar-refractivity contribution in [3.63, 3.8) is 0 Å². The average molecular weight is 625 g/mol. The molecule has 0 spiro atoms. The van der Waals surface area contributed by atoms with Crippen LogP contribution in [0.5, 0.6) is 5.75 Å². The lowest BCUT2D eigenvalue weighted by molar-refractivity contribution is -0.118. The number of fused-ring (bicyclic) bond motifs is 3. The van der Waals surface area contributed by atoms with E-state index in [0.717, 1.165) is 82.5 Å². The number of unbranched alkanes of at least 4 members (excludes halogenated alkanes) is 1. The molecular formula is C37H41ClN4O3. The molecular weight excluding hydrogens is 584 g/mol. The maximum Gasteiger partial charge on any atom is 0.227 e. The number of hydrogen-bond donors (Lipinski definition) is 2. The number of benzene rings is 3. The van der Waals surface area contributed by atoms with E-state index in [1.165, 1.54) is 11.1 Å². The van der Waals surface area contributed by atoms with Gasteiger partial charge in [0.05, 0.1) is 24.5 Å². The average Bonchev–Trinajstić information content (AvgIpc) is 3.61. The highest BCUT2D eigenvalue weighted by molar-refractivity contribution is 6.19. The maximum atomic E-state index is 13.6. The number of allylic oxidation sites excluding steroid dienone is 2. The highest BCUT2D eigenvalue weighted by Gasteiger charge is 2.35. The number of hydrogen-bond acceptors (Lipinski definition) is 6. The van der Waals surface area contributed by atoms with E-state index in [1.807, 2.05) is 55.3 Å². The van der Waals surface area contributed by atoms with Gasteiger partial charge in [0.15, 0.2) is 0 Å². The van der Waals surface area contributed by atoms with Crippen molar-refractivity contribution in [2.45, 2.75) is 57.9 Å². The zero-order valence-corrected chi connectivity index (χ0v) is 27.0. The summed E-state index contributed by atoms with van der Waals surface area (Å²) in [5.41, 5.74) is 14.3. The number of aryl methyl sites for hydroxylation is 1. The second kappa shape index (κ2) is 13.0. The number of nitrogens with two attached hydrogens (primary N) is 1. The molecule has 7 nitrogen and oxygen atoms in total. The molecule has 0 fully saturated rings. The predicted molar refractivity (Wildman–Crippen MR) is 185 cm³/mol. The van der Waals surface area contributed by atoms with Gasteiger partial charge in [0.2, 0.25) is 5.91 Å². The van der Waals surface area contributed by atoms with Crippen LogP contribution < -0.4 is 10.6 Å². The number of ether oxygens (including phenoxy) is 1. The van der Waals surface area contributed by atoms with Crippen molar-refractivity contribution in [1.29, 1.82) is 0 Å². The summed E-state index contributed by atoms with van der Waals surface area (Å²) in [5.74, 6) is 1.61. The van der Waals surface area contributed by atoms with Gasteiger partial charge in [0.1, 0.15) is 11.5 Å². The van der Waals surface area contributed by atoms with Crippen LogP contribution in [-0.4, -0.2) is 54.2 Å². The van der Waals surface area contributed by atoms with Crippen LogP contribution in [0.15, 0.2) is 82.8 Å². The van der Waals surface area contributed by atoms with Crippen molar-refractivity contribution in [2.24, 2.45) is 4.99 Å². The molecule has 1 aliphatic carbocycles. The maximum absolute atomic E-state index is 13.6. The van der Waals surface area contributed by atoms with Gasteiger partial charge in [-0.15, -0.1) is 11.6 Å². The lowest BCUT2D eigenvalue weighted by Crippen LogP contribution is -2.31. The Balaban J connectivity index is 1.13. The molecule has 3 aromatic rings. The normalized spacial score (nSPS) is 19.3. The number of methoxy groups -OCH3 is 1. The molecule has 234 valence electrons. The van der Waals surface area contributed by atoms with Crippen LogP contribution in [0.4, 0.5) is 11.4 Å². The number of anilines is 2. The first-order valence-electron chi connectivity index (χ1n) is 15.8. The molecule has 0 unspecified atom stereocenters. The van der Waals surface area contributed by atoms with E-state index in [9.17, 15) is 9.90 Å². The number of carbonyl (C=O) groups is 1. The number of nitrogen functional groups attached to an aromatic ring is 1. The zero-order chi connectivity index (χ0) is 31.7. The fraction of sp³-hybridized carbons (Fsp3) is 0.351. The van der Waals surface area contributed by atoms with Gasteiger partial charge in [-0.3, -0.25) is 9.79 Å². The van der Waals surface area contributed by atoms with Crippen molar-refractivity contribution in [3.05, 3.63) is 94.5 Å². The fourth-order valence-corrected chi connectivity index (χ4v) is 7.17. The van der Waals surface area contributed by atoms with E-state index in [4.69, 9.17) is 22.1 Å². The minimum atomic E-state index is 0.0303. The molecule has 0 saturated heterocycles. The minimum Gasteiger partial charge on any atom is -0.507 e. The Kier molecular flexibility index (Phi) is 8.90. The fourth-order valence-electron chi connectivity index (χ4n) is 6.91. The highest BCUT2D eigenvalue weighted by Crippen LogP contribution is 2.47. The van der Waals surface area contributed by atoms with Crippen molar-refractivity contribution >= 4 is 51.4 Å². The molecule has 2 heterocycles. The van der Waals surface area contributed by atoms with Crippen LogP contribution in [0, 0.1) is 6.92 Å². The highest BCUT2D eigenvalue weighted by atomic mass is 35.5. The van der Waals surface area contributed by atoms with Crippen molar-refractivity contribution in [3.8, 4) is 5.75 Å². The minimum absolute atomic E-state index is 0.0303. The first-order chi connectivity index (χ1) is 21.8. The van der Waals surface area contributed by atoms with Crippen molar-refractivity contribution < 1.29 is 14.6 Å². The second-order valence-electron chi connectivity index (χ2n) is 12.1. The third-order valence-corrected chi connectivity index (χ3v) is 9.59. The SMILES string of the molecule is CC/N=C\[C@@H]1CC(c2ccc(N)cc2)=CN1C1=CC(OC)=C1CCCCC(=O)N1C[C@@H](CCl)c2c1cc(O)c1cccc(C)c21. The van der Waals surface area contributed by atoms with Gasteiger partial charge in [-0.1, -0.05) is 30.3 Å². The summed E-state index contributed by atoms with van der Waals surface area (Å²) >= 11 is 6.42. The smallest absolute Gasteiger partial charge is 0.227 e. The number of rotatable bonds is 11. The Morgan fingerprint density at radius 2 is 2.00 bits per heavy atom. The van der Waals surface area contributed by atoms with Gasteiger partial charge in [0, 0.05) is 78.9 Å². The van der Waals surface area contributed by atoms with Gasteiger partial charge in [0.25, 0.3) is 0 Å². The Morgan fingerprint density at radius 3 is 2.73 bits per heavy atom. The molecule has 3 aliphatic rings. The van der Waals surface area contributed by atoms with Crippen LogP contribution in [-0.2, 0) is 9.53 Å². The number of halogens is 1. The van der Waals surface area contributed by atoms with Crippen LogP contribution in [0.1, 0.15) is 61.6 Å². The van der Waals surface area contributed by atoms with Gasteiger partial charge >= 0.3 is 0 Å². The van der Waals surface area contributed by atoms with Crippen molar-refractivity contribution in [2.75, 3.05) is 36.7 Å². The molecule has 3 aromatic carbocycles. The molecule has 0 aromatic heterocycles. The summed E-state index contributed by atoms with van der Waals surface area (Å²) in [6.07, 6.45) is 10.1. The third-order valence-electron chi connectivity index (χ3n) is 9.22. The Hall–Kier alpha value is -4.23. The summed E-state index contributed by atoms with van der Waals surface area (Å²) in [6, 6.07) is 15.8. The molecule has 0 radical (unpaired) electrons. The standard InChI is InChI=1S/C37H41ClN4O3/c1-4-40-20-28-16-25(24-12-14-27(39)15-13-24)21-41(28)31-18-34(45-3)29(31)9-5-6-11-35(44)42-22-26(19-38)37-32(42)17-33(43)30-10-7-8-23(2)36(30)37/h7-8,10,12-15,17-18,20-21,26,28,43H,4-6,9,11,16,19,22,39H2,1-3H3/b40-20-/t26-,28+/m1/s1. The van der Waals surface area contributed by atoms with Crippen LogP contribution in [0.25, 0.3) is 16.3 Å². The Morgan fingerprint density at radius 1 is 1.20 bits per heavy atom. The lowest BCUT2D eigenvalue weighted by atomic mass is 9.92. The molecule has 6 rings (SSSR count). The van der Waals surface area contributed by atoms with E-state index in [-0.39, 0.29) is 23.6 Å². The first kappa shape index (κ1) is 30.8. The summed E-state index contributed by atoms with van der Waals surface area (Å²) in [5, 5.41) is 12.6. The number of amides is 1. The monoisotopic (exact) mass is 624 g/mol. The number of phenols is 1. The molecule has 2 aliphatic heterocycles. The summed E-state index contributed by atoms with van der Waals surface area (Å²) < 4.78 is 5.71. The summed E-state index contributed by atoms with van der Waals surface area (Å²) in [6.45, 7) is 5.36. The predicted octanol–water partition coefficient (Wildman–Crippen LogP) is 7.67. The molecule has 45 heavy (non-hydrogen) atoms. The summed E-state index contributed by atoms with van der Waals surface area (Å²) in [7, 11) is 1.71. The molecule has 2 atom stereocenters. The quantitative estimate of drug-likeness (QED) is 0.0989. The molecule has 3 N–H and O–H groups in total. The van der Waals surface area contributed by atoms with Gasteiger partial charge in [-0.2, -0.15) is 0 Å². The first-order valence-corrected chi connectivity index (χ1v) is 16.3. The molecule has 0 saturated carbocycles. The van der Waals surface area contributed by atoms with Gasteiger partial charge in [-0.25, -0.2) is 0 Å². The number of alkyl halides is 1. The third kappa shape index (κ3) is 5.82. The van der Waals surface area contributed by atoms with E-state index in [0.29, 0.717) is 18.8 Å². The zero-order valence-electron chi connectivity index (χ0n) is 26.2. The lowest BCUT2D eigenvalue weighted by Gasteiger charge is -2.33. The van der Waals surface area contributed by atoms with Crippen LogP contribution >= 0.6 is 11.6 Å². The van der Waals surface area contributed by atoms with Crippen LogP contribution in [0.3, 0.4) is 0 Å². The largest absolute Gasteiger partial charge is 0.507 e. The van der Waals surface area contributed by atoms with E-state index in [1.54, 1.807) is 13.2 Å². The van der Waals surface area contributed by atoms with Gasteiger partial charge < -0.3 is 25.4 Å². The number of aromatic hydroxyl groups is 1. The summed E-state index contributed by atoms with van der Waals surface area (Å²) in [4.78, 5) is 22.3. The van der Waals surface area contributed by atoms with Crippen molar-refractivity contribution in [1.82, 2.24) is 4.90 Å². The molecule has 8 heteroatoms. The number of carbonyl (C=O) groups excluding carboxylic acids is 1. The van der Waals surface area contributed by atoms with E-state index >= 15 is 0 Å². The van der Waals surface area contributed by atoms with E-state index in [2.05, 4.69) is 34.3 Å².